The van der Waals surface area contributed by atoms with E-state index in [2.05, 4.69) is 0 Å². The second kappa shape index (κ2) is 5.91. The number of sulfone groups is 1. The number of benzene rings is 1. The van der Waals surface area contributed by atoms with Gasteiger partial charge in [-0.3, -0.25) is 4.79 Å². The van der Waals surface area contributed by atoms with Crippen LogP contribution in [0.4, 0.5) is 0 Å². The molecule has 5 nitrogen and oxygen atoms in total. The van der Waals surface area contributed by atoms with E-state index in [-0.39, 0.29) is 29.4 Å². The Kier molecular flexibility index (Phi) is 4.12. The summed E-state index contributed by atoms with van der Waals surface area (Å²) in [6.07, 6.45) is 2.33. The van der Waals surface area contributed by atoms with E-state index in [0.29, 0.717) is 13.0 Å². The topological polar surface area (TPSA) is 63.7 Å². The van der Waals surface area contributed by atoms with Crippen LogP contribution in [0.5, 0.6) is 5.75 Å². The average molecular weight is 323 g/mol. The van der Waals surface area contributed by atoms with Crippen LogP contribution in [0.2, 0.25) is 0 Å². The van der Waals surface area contributed by atoms with Gasteiger partial charge in [-0.2, -0.15) is 0 Å². The largest absolute Gasteiger partial charge is 0.497 e. The maximum absolute atomic E-state index is 12.7. The van der Waals surface area contributed by atoms with Crippen LogP contribution in [0.1, 0.15) is 30.9 Å². The molecule has 1 amide bonds. The molecule has 0 spiro atoms. The van der Waals surface area contributed by atoms with Gasteiger partial charge in [0, 0.05) is 6.54 Å². The molecule has 22 heavy (non-hydrogen) atoms. The van der Waals surface area contributed by atoms with Crippen LogP contribution in [0.25, 0.3) is 0 Å². The average Bonchev–Trinajstić information content (AvgIpc) is 3.13. The SMILES string of the molecule is COc1cccc(C2CCCN2C(=O)C2CCS(=O)(=O)C2)c1. The number of likely N-dealkylation sites (tertiary alicyclic amines) is 1. The van der Waals surface area contributed by atoms with E-state index in [4.69, 9.17) is 4.74 Å². The number of carbonyl (C=O) groups excluding carboxylic acids is 1. The molecular formula is C16H21NO4S. The quantitative estimate of drug-likeness (QED) is 0.851. The lowest BCUT2D eigenvalue weighted by Gasteiger charge is -2.27. The maximum Gasteiger partial charge on any atom is 0.227 e. The molecule has 0 bridgehead atoms. The lowest BCUT2D eigenvalue weighted by molar-refractivity contribution is -0.135. The molecule has 0 radical (unpaired) electrons. The zero-order valence-electron chi connectivity index (χ0n) is 12.7. The number of amides is 1. The lowest BCUT2D eigenvalue weighted by atomic mass is 10.0. The normalized spacial score (nSPS) is 27.0. The van der Waals surface area contributed by atoms with Gasteiger partial charge in [0.05, 0.1) is 30.6 Å². The van der Waals surface area contributed by atoms with E-state index in [9.17, 15) is 13.2 Å². The highest BCUT2D eigenvalue weighted by molar-refractivity contribution is 7.91. The summed E-state index contributed by atoms with van der Waals surface area (Å²) < 4.78 is 28.5. The van der Waals surface area contributed by atoms with Crippen molar-refractivity contribution in [3.63, 3.8) is 0 Å². The number of nitrogens with zero attached hydrogens (tertiary/aromatic N) is 1. The van der Waals surface area contributed by atoms with Crippen molar-refractivity contribution in [2.45, 2.75) is 25.3 Å². The molecule has 1 aromatic carbocycles. The number of hydrogen-bond donors (Lipinski definition) is 0. The third-order valence-electron chi connectivity index (χ3n) is 4.60. The second-order valence-electron chi connectivity index (χ2n) is 6.07. The summed E-state index contributed by atoms with van der Waals surface area (Å²) in [7, 11) is -1.41. The van der Waals surface area contributed by atoms with Gasteiger partial charge in [-0.1, -0.05) is 12.1 Å². The molecular weight excluding hydrogens is 302 g/mol. The van der Waals surface area contributed by atoms with E-state index >= 15 is 0 Å². The van der Waals surface area contributed by atoms with Gasteiger partial charge in [-0.15, -0.1) is 0 Å². The first-order valence-corrected chi connectivity index (χ1v) is 9.47. The fourth-order valence-corrected chi connectivity index (χ4v) is 5.18. The third kappa shape index (κ3) is 2.97. The molecule has 0 aromatic heterocycles. The first-order valence-electron chi connectivity index (χ1n) is 7.65. The van der Waals surface area contributed by atoms with Crippen molar-refractivity contribution >= 4 is 15.7 Å². The minimum atomic E-state index is -3.03. The minimum absolute atomic E-state index is 0.00711. The van der Waals surface area contributed by atoms with Gasteiger partial charge in [0.25, 0.3) is 0 Å². The Labute approximate surface area is 131 Å². The molecule has 2 aliphatic rings. The van der Waals surface area contributed by atoms with Crippen molar-refractivity contribution in [2.24, 2.45) is 5.92 Å². The number of carbonyl (C=O) groups is 1. The molecule has 0 saturated carbocycles. The van der Waals surface area contributed by atoms with Crippen LogP contribution in [0.3, 0.4) is 0 Å². The highest BCUT2D eigenvalue weighted by Crippen LogP contribution is 2.35. The van der Waals surface area contributed by atoms with Crippen molar-refractivity contribution in [3.8, 4) is 5.75 Å². The minimum Gasteiger partial charge on any atom is -0.497 e. The molecule has 0 aliphatic carbocycles. The lowest BCUT2D eigenvalue weighted by Crippen LogP contribution is -2.36. The molecule has 3 rings (SSSR count). The molecule has 2 saturated heterocycles. The number of ether oxygens (including phenoxy) is 1. The van der Waals surface area contributed by atoms with E-state index in [1.807, 2.05) is 29.2 Å². The van der Waals surface area contributed by atoms with Crippen LogP contribution in [-0.4, -0.2) is 44.4 Å². The second-order valence-corrected chi connectivity index (χ2v) is 8.29. The standard InChI is InChI=1S/C16H21NO4S/c1-21-14-5-2-4-12(10-14)15-6-3-8-17(15)16(18)13-7-9-22(19,20)11-13/h2,4-5,10,13,15H,3,6-9,11H2,1H3. The van der Waals surface area contributed by atoms with Gasteiger partial charge < -0.3 is 9.64 Å². The third-order valence-corrected chi connectivity index (χ3v) is 6.36. The fourth-order valence-electron chi connectivity index (χ4n) is 3.45. The number of hydrogen-bond acceptors (Lipinski definition) is 4. The predicted molar refractivity (Wildman–Crippen MR) is 83.4 cm³/mol. The van der Waals surface area contributed by atoms with E-state index in [0.717, 1.165) is 24.2 Å². The van der Waals surface area contributed by atoms with Crippen LogP contribution < -0.4 is 4.74 Å². The first kappa shape index (κ1) is 15.3. The monoisotopic (exact) mass is 323 g/mol. The summed E-state index contributed by atoms with van der Waals surface area (Å²) in [6, 6.07) is 7.81. The Morgan fingerprint density at radius 2 is 2.14 bits per heavy atom. The predicted octanol–water partition coefficient (Wildman–Crippen LogP) is 1.79. The molecule has 2 atom stereocenters. The maximum atomic E-state index is 12.7. The van der Waals surface area contributed by atoms with E-state index in [1.165, 1.54) is 0 Å². The highest BCUT2D eigenvalue weighted by Gasteiger charge is 2.39. The molecule has 6 heteroatoms. The van der Waals surface area contributed by atoms with Crippen LogP contribution >= 0.6 is 0 Å². The van der Waals surface area contributed by atoms with Crippen molar-refractivity contribution in [1.29, 1.82) is 0 Å². The molecule has 1 aromatic rings. The van der Waals surface area contributed by atoms with Crippen LogP contribution in [0.15, 0.2) is 24.3 Å². The Bertz CT molecular complexity index is 670. The van der Waals surface area contributed by atoms with Gasteiger partial charge in [0.2, 0.25) is 5.91 Å². The number of methoxy groups -OCH3 is 1. The van der Waals surface area contributed by atoms with E-state index in [1.54, 1.807) is 7.11 Å². The summed E-state index contributed by atoms with van der Waals surface area (Å²) in [5.41, 5.74) is 1.06. The molecule has 120 valence electrons. The van der Waals surface area contributed by atoms with Gasteiger partial charge in [-0.05, 0) is 37.0 Å². The highest BCUT2D eigenvalue weighted by atomic mass is 32.2. The zero-order chi connectivity index (χ0) is 15.7. The zero-order valence-corrected chi connectivity index (χ0v) is 13.5. The fraction of sp³-hybridized carbons (Fsp3) is 0.562. The molecule has 2 fully saturated rings. The Morgan fingerprint density at radius 1 is 1.32 bits per heavy atom. The van der Waals surface area contributed by atoms with Gasteiger partial charge in [0.1, 0.15) is 5.75 Å². The van der Waals surface area contributed by atoms with Crippen LogP contribution in [-0.2, 0) is 14.6 Å². The van der Waals surface area contributed by atoms with Gasteiger partial charge >= 0.3 is 0 Å². The summed E-state index contributed by atoms with van der Waals surface area (Å²) in [6.45, 7) is 0.706. The van der Waals surface area contributed by atoms with Crippen molar-refractivity contribution in [3.05, 3.63) is 29.8 Å². The van der Waals surface area contributed by atoms with Crippen molar-refractivity contribution < 1.29 is 17.9 Å². The summed E-state index contributed by atoms with van der Waals surface area (Å²) in [5.74, 6) is 0.552. The van der Waals surface area contributed by atoms with E-state index < -0.39 is 9.84 Å². The number of rotatable bonds is 3. The first-order chi connectivity index (χ1) is 10.5. The van der Waals surface area contributed by atoms with Gasteiger partial charge in [-0.25, -0.2) is 8.42 Å². The smallest absolute Gasteiger partial charge is 0.227 e. The molecule has 2 unspecified atom stereocenters. The van der Waals surface area contributed by atoms with Crippen molar-refractivity contribution in [2.75, 3.05) is 25.2 Å². The molecule has 2 aliphatic heterocycles. The van der Waals surface area contributed by atoms with Crippen LogP contribution in [0, 0.1) is 5.92 Å². The van der Waals surface area contributed by atoms with Gasteiger partial charge in [0.15, 0.2) is 9.84 Å². The molecule has 2 heterocycles. The Balaban J connectivity index is 1.79. The summed E-state index contributed by atoms with van der Waals surface area (Å²) >= 11 is 0. The Hall–Kier alpha value is -1.56. The summed E-state index contributed by atoms with van der Waals surface area (Å²) in [5, 5.41) is 0. The Morgan fingerprint density at radius 3 is 2.82 bits per heavy atom. The molecule has 0 N–H and O–H groups in total. The van der Waals surface area contributed by atoms with Crippen molar-refractivity contribution in [1.82, 2.24) is 4.90 Å². The summed E-state index contributed by atoms with van der Waals surface area (Å²) in [4.78, 5) is 14.6.